The van der Waals surface area contributed by atoms with E-state index in [1.807, 2.05) is 30.3 Å². The van der Waals surface area contributed by atoms with Gasteiger partial charge in [0.1, 0.15) is 0 Å². The molecule has 0 bridgehead atoms. The number of sulfone groups is 1. The number of halogens is 1. The maximum atomic E-state index is 12.2. The molecule has 0 N–H and O–H groups in total. The minimum atomic E-state index is -3.50. The Morgan fingerprint density at radius 2 is 1.77 bits per heavy atom. The number of carbonyl (C=O) groups excluding carboxylic acids is 2. The molecule has 0 atom stereocenters. The van der Waals surface area contributed by atoms with E-state index in [0.717, 1.165) is 17.9 Å². The number of nitrogens with zero attached hydrogens (tertiary/aromatic N) is 1. The van der Waals surface area contributed by atoms with Gasteiger partial charge in [0.05, 0.1) is 15.5 Å². The Labute approximate surface area is 157 Å². The highest BCUT2D eigenvalue weighted by Crippen LogP contribution is 2.21. The van der Waals surface area contributed by atoms with E-state index in [2.05, 4.69) is 0 Å². The van der Waals surface area contributed by atoms with E-state index in [1.165, 1.54) is 17.0 Å². The van der Waals surface area contributed by atoms with Gasteiger partial charge < -0.3 is 9.64 Å². The summed E-state index contributed by atoms with van der Waals surface area (Å²) in [6.45, 7) is -0.0941. The molecule has 138 valence electrons. The Kier molecular flexibility index (Phi) is 6.39. The molecule has 0 aromatic heterocycles. The minimum absolute atomic E-state index is 0.0486. The van der Waals surface area contributed by atoms with Gasteiger partial charge in [0, 0.05) is 19.8 Å². The minimum Gasteiger partial charge on any atom is -0.452 e. The summed E-state index contributed by atoms with van der Waals surface area (Å²) in [7, 11) is -1.90. The molecular weight excluding hydrogens is 378 g/mol. The highest BCUT2D eigenvalue weighted by atomic mass is 35.5. The molecule has 0 aliphatic carbocycles. The zero-order chi connectivity index (χ0) is 19.3. The van der Waals surface area contributed by atoms with Crippen molar-refractivity contribution < 1.29 is 22.7 Å². The predicted molar refractivity (Wildman–Crippen MR) is 97.8 cm³/mol. The monoisotopic (exact) mass is 395 g/mol. The number of amides is 1. The van der Waals surface area contributed by atoms with E-state index in [9.17, 15) is 18.0 Å². The van der Waals surface area contributed by atoms with Crippen molar-refractivity contribution in [1.82, 2.24) is 4.90 Å². The molecule has 2 aromatic rings. The van der Waals surface area contributed by atoms with Gasteiger partial charge in [-0.15, -0.1) is 0 Å². The summed E-state index contributed by atoms with van der Waals surface area (Å²) in [5.74, 6) is -1.25. The molecule has 1 amide bonds. The van der Waals surface area contributed by atoms with Gasteiger partial charge in [-0.1, -0.05) is 41.9 Å². The molecule has 0 heterocycles. The normalized spacial score (nSPS) is 11.0. The van der Waals surface area contributed by atoms with Gasteiger partial charge in [-0.2, -0.15) is 0 Å². The van der Waals surface area contributed by atoms with Crippen molar-refractivity contribution in [1.29, 1.82) is 0 Å². The molecule has 6 nitrogen and oxygen atoms in total. The lowest BCUT2D eigenvalue weighted by atomic mass is 10.2. The number of carbonyl (C=O) groups is 2. The summed E-state index contributed by atoms with van der Waals surface area (Å²) in [6.07, 6.45) is 1.02. The average molecular weight is 396 g/mol. The molecule has 0 radical (unpaired) electrons. The lowest BCUT2D eigenvalue weighted by molar-refractivity contribution is -0.133. The Balaban J connectivity index is 2.01. The van der Waals surface area contributed by atoms with Gasteiger partial charge in [0.25, 0.3) is 5.91 Å². The summed E-state index contributed by atoms with van der Waals surface area (Å²) >= 11 is 5.94. The van der Waals surface area contributed by atoms with Crippen LogP contribution in [-0.4, -0.2) is 45.1 Å². The van der Waals surface area contributed by atoms with E-state index >= 15 is 0 Å². The topological polar surface area (TPSA) is 80.8 Å². The maximum absolute atomic E-state index is 12.2. The second kappa shape index (κ2) is 8.33. The standard InChI is InChI=1S/C18H18ClNO5S/c1-20(11-13-6-4-3-5-7-13)17(21)12-25-18(22)15-10-14(26(2,23)24)8-9-16(15)19/h3-10H,11-12H2,1-2H3. The summed E-state index contributed by atoms with van der Waals surface area (Å²) < 4.78 is 28.2. The summed E-state index contributed by atoms with van der Waals surface area (Å²) in [5, 5.41) is 0.0486. The molecule has 0 aliphatic rings. The second-order valence-electron chi connectivity index (χ2n) is 5.73. The smallest absolute Gasteiger partial charge is 0.340 e. The first kappa shape index (κ1) is 19.9. The van der Waals surface area contributed by atoms with Gasteiger partial charge >= 0.3 is 5.97 Å². The fourth-order valence-electron chi connectivity index (χ4n) is 2.15. The van der Waals surface area contributed by atoms with Crippen LogP contribution < -0.4 is 0 Å². The van der Waals surface area contributed by atoms with Crippen LogP contribution in [0.25, 0.3) is 0 Å². The summed E-state index contributed by atoms with van der Waals surface area (Å²) in [4.78, 5) is 25.6. The van der Waals surface area contributed by atoms with Crippen molar-refractivity contribution in [2.75, 3.05) is 19.9 Å². The van der Waals surface area contributed by atoms with E-state index in [0.29, 0.717) is 6.54 Å². The molecule has 0 saturated heterocycles. The lowest BCUT2D eigenvalue weighted by Crippen LogP contribution is -2.30. The molecule has 8 heteroatoms. The second-order valence-corrected chi connectivity index (χ2v) is 8.15. The first-order valence-electron chi connectivity index (χ1n) is 7.63. The molecular formula is C18H18ClNO5S. The number of likely N-dealkylation sites (N-methyl/N-ethyl adjacent to an activating group) is 1. The van der Waals surface area contributed by atoms with E-state index in [1.54, 1.807) is 7.05 Å². The molecule has 26 heavy (non-hydrogen) atoms. The van der Waals surface area contributed by atoms with Crippen LogP contribution in [-0.2, 0) is 25.9 Å². The van der Waals surface area contributed by atoms with Crippen LogP contribution in [0.1, 0.15) is 15.9 Å². The van der Waals surface area contributed by atoms with Gasteiger partial charge in [-0.05, 0) is 23.8 Å². The van der Waals surface area contributed by atoms with Gasteiger partial charge in [0.15, 0.2) is 16.4 Å². The number of ether oxygens (including phenoxy) is 1. The third kappa shape index (κ3) is 5.31. The number of hydrogen-bond donors (Lipinski definition) is 0. The van der Waals surface area contributed by atoms with Crippen molar-refractivity contribution in [3.63, 3.8) is 0 Å². The molecule has 2 rings (SSSR count). The van der Waals surface area contributed by atoms with Crippen molar-refractivity contribution in [2.45, 2.75) is 11.4 Å². The van der Waals surface area contributed by atoms with E-state index in [4.69, 9.17) is 16.3 Å². The molecule has 0 fully saturated rings. The van der Waals surface area contributed by atoms with Crippen LogP contribution in [0.5, 0.6) is 0 Å². The first-order valence-corrected chi connectivity index (χ1v) is 9.90. The first-order chi connectivity index (χ1) is 12.2. The number of esters is 1. The summed E-state index contributed by atoms with van der Waals surface area (Å²) in [5.41, 5.74) is 0.840. The quantitative estimate of drug-likeness (QED) is 0.702. The number of benzene rings is 2. The van der Waals surface area contributed by atoms with Gasteiger partial charge in [-0.3, -0.25) is 4.79 Å². The third-order valence-corrected chi connectivity index (χ3v) is 5.04. The fourth-order valence-corrected chi connectivity index (χ4v) is 2.99. The highest BCUT2D eigenvalue weighted by Gasteiger charge is 2.18. The van der Waals surface area contributed by atoms with Crippen molar-refractivity contribution in [2.24, 2.45) is 0 Å². The van der Waals surface area contributed by atoms with Crippen molar-refractivity contribution in [3.8, 4) is 0 Å². The third-order valence-electron chi connectivity index (χ3n) is 3.60. The largest absolute Gasteiger partial charge is 0.452 e. The van der Waals surface area contributed by atoms with Crippen molar-refractivity contribution >= 4 is 33.3 Å². The van der Waals surface area contributed by atoms with Crippen LogP contribution in [0.4, 0.5) is 0 Å². The summed E-state index contributed by atoms with van der Waals surface area (Å²) in [6, 6.07) is 13.1. The van der Waals surface area contributed by atoms with Crippen LogP contribution >= 0.6 is 11.6 Å². The highest BCUT2D eigenvalue weighted by molar-refractivity contribution is 7.90. The number of hydrogen-bond acceptors (Lipinski definition) is 5. The molecule has 0 aliphatic heterocycles. The molecule has 0 saturated carbocycles. The molecule has 0 unspecified atom stereocenters. The zero-order valence-corrected chi connectivity index (χ0v) is 15.9. The average Bonchev–Trinajstić information content (AvgIpc) is 2.59. The van der Waals surface area contributed by atoms with Gasteiger partial charge in [0.2, 0.25) is 0 Å². The maximum Gasteiger partial charge on any atom is 0.340 e. The van der Waals surface area contributed by atoms with Crippen LogP contribution in [0.15, 0.2) is 53.4 Å². The van der Waals surface area contributed by atoms with Crippen molar-refractivity contribution in [3.05, 3.63) is 64.7 Å². The molecule has 2 aromatic carbocycles. The lowest BCUT2D eigenvalue weighted by Gasteiger charge is -2.17. The van der Waals surface area contributed by atoms with E-state index in [-0.39, 0.29) is 15.5 Å². The van der Waals surface area contributed by atoms with E-state index < -0.39 is 28.3 Å². The Hall–Kier alpha value is -2.38. The molecule has 0 spiro atoms. The SMILES string of the molecule is CN(Cc1ccccc1)C(=O)COC(=O)c1cc(S(C)(=O)=O)ccc1Cl. The Morgan fingerprint density at radius 3 is 2.38 bits per heavy atom. The predicted octanol–water partition coefficient (Wildman–Crippen LogP) is 2.56. The fraction of sp³-hybridized carbons (Fsp3) is 0.222. The van der Waals surface area contributed by atoms with Crippen LogP contribution in [0.2, 0.25) is 5.02 Å². The number of rotatable bonds is 6. The van der Waals surface area contributed by atoms with Crippen LogP contribution in [0, 0.1) is 0 Å². The van der Waals surface area contributed by atoms with Gasteiger partial charge in [-0.25, -0.2) is 13.2 Å². The Bertz CT molecular complexity index is 912. The van der Waals surface area contributed by atoms with Crippen LogP contribution in [0.3, 0.4) is 0 Å². The Morgan fingerprint density at radius 1 is 1.12 bits per heavy atom. The zero-order valence-electron chi connectivity index (χ0n) is 14.3.